The summed E-state index contributed by atoms with van der Waals surface area (Å²) in [4.78, 5) is 44.1. The zero-order valence-corrected chi connectivity index (χ0v) is 45.2. The van der Waals surface area contributed by atoms with E-state index in [0.717, 1.165) is 33.4 Å². The van der Waals surface area contributed by atoms with Crippen LogP contribution in [0, 0.1) is 0 Å². The van der Waals surface area contributed by atoms with Gasteiger partial charge >= 0.3 is 44.0 Å². The number of nitrogens with one attached hydrogen (secondary N) is 2. The Morgan fingerprint density at radius 1 is 0.532 bits per heavy atom. The van der Waals surface area contributed by atoms with Crippen molar-refractivity contribution in [3.05, 3.63) is 111 Å². The molecule has 0 saturated carbocycles. The number of fused-ring (bicyclic) bond motifs is 4. The van der Waals surface area contributed by atoms with Gasteiger partial charge in [0, 0.05) is 60.7 Å². The Balaban J connectivity index is 0.000000175. The molecule has 77 heavy (non-hydrogen) atoms. The van der Waals surface area contributed by atoms with Crippen molar-refractivity contribution in [2.75, 3.05) is 0 Å². The van der Waals surface area contributed by atoms with Crippen molar-refractivity contribution in [1.82, 2.24) is 39.0 Å². The molecule has 0 amide bonds. The van der Waals surface area contributed by atoms with Crippen LogP contribution < -0.4 is 5.46 Å². The lowest BCUT2D eigenvalue weighted by atomic mass is 9.79. The van der Waals surface area contributed by atoms with Gasteiger partial charge in [-0.25, -0.2) is 38.7 Å². The number of carbonyl (C=O) groups is 2. The maximum atomic E-state index is 13.2. The van der Waals surface area contributed by atoms with Gasteiger partial charge in [0.15, 0.2) is 5.65 Å². The standard InChI is InChI=1S/C19H24BF3N2O4.C13H12BrF3N2O2.C8H4BrF3N2.C8H5F3N2/c1-16(2,3)27-15(26)25-10-12(20-28-17(4,5)18(6,7)29-20)11-8-9-13(19(21,22)23)24-14(11)25;1-12(2,3)21-11(20)19-6-8(14)7-4-5-9(13(15,16)17)18-10(7)19;9-5-3-13-7-4(5)1-2-6(14-7)8(10,11)12;9-8(10,11)6-2-1-5-3-4-12-7(5)13-6/h8-10H,1-7H3;4-6H,1-3H3;1-3H,(H,13,14);1-4H,(H,12,13). The Bertz CT molecular complexity index is 3440. The first-order chi connectivity index (χ1) is 35.1. The smallest absolute Gasteiger partial charge is 0.443 e. The molecule has 1 aliphatic heterocycles. The molecule has 9 heterocycles. The minimum atomic E-state index is -4.65. The molecule has 1 fully saturated rings. The number of rotatable bonds is 1. The number of aromatic nitrogens is 8. The summed E-state index contributed by atoms with van der Waals surface area (Å²) in [7, 11) is -0.871. The lowest BCUT2D eigenvalue weighted by Crippen LogP contribution is -2.41. The van der Waals surface area contributed by atoms with Crippen LogP contribution in [0.1, 0.15) is 92.0 Å². The van der Waals surface area contributed by atoms with Gasteiger partial charge in [-0.15, -0.1) is 0 Å². The average Bonchev–Trinajstić information content (AvgIpc) is 4.10. The molecular weight excluding hydrogens is 1180 g/mol. The maximum Gasteiger partial charge on any atom is 0.497 e. The summed E-state index contributed by atoms with van der Waals surface area (Å²) in [6.45, 7) is 17.4. The fraction of sp³-hybridized carbons (Fsp3) is 0.375. The van der Waals surface area contributed by atoms with Crippen LogP contribution in [0.5, 0.6) is 0 Å². The van der Waals surface area contributed by atoms with E-state index in [9.17, 15) is 62.3 Å². The van der Waals surface area contributed by atoms with Crippen molar-refractivity contribution < 1.29 is 81.1 Å². The van der Waals surface area contributed by atoms with Crippen molar-refractivity contribution in [3.63, 3.8) is 0 Å². The van der Waals surface area contributed by atoms with Gasteiger partial charge in [-0.05, 0) is 156 Å². The second kappa shape index (κ2) is 21.2. The van der Waals surface area contributed by atoms with Crippen LogP contribution in [0.25, 0.3) is 44.1 Å². The molecule has 1 aliphatic rings. The third-order valence-corrected chi connectivity index (χ3v) is 12.3. The highest BCUT2D eigenvalue weighted by Crippen LogP contribution is 2.39. The Morgan fingerprint density at radius 3 is 1.40 bits per heavy atom. The summed E-state index contributed by atoms with van der Waals surface area (Å²) in [5, 5.41) is 2.03. The summed E-state index contributed by atoms with van der Waals surface area (Å²) in [6.07, 6.45) is -13.8. The number of pyridine rings is 4. The SMILES string of the molecule is CC(C)(C)OC(=O)n1cc(B2OC(C)(C)C(C)(C)O2)c2ccc(C(F)(F)F)nc21.CC(C)(C)OC(=O)n1cc(Br)c2ccc(C(F)(F)F)nc21.FC(F)(F)c1ccc2c(Br)c[nH]c2n1.FC(F)(F)c1ccc2cc[nH]c2n1. The predicted octanol–water partition coefficient (Wildman–Crippen LogP) is 14.7. The minimum Gasteiger partial charge on any atom is -0.443 e. The van der Waals surface area contributed by atoms with E-state index in [-0.39, 0.29) is 22.6 Å². The van der Waals surface area contributed by atoms with Crippen LogP contribution in [0.3, 0.4) is 0 Å². The zero-order chi connectivity index (χ0) is 57.8. The van der Waals surface area contributed by atoms with E-state index in [0.29, 0.717) is 36.0 Å². The largest absolute Gasteiger partial charge is 0.497 e. The second-order valence-electron chi connectivity index (χ2n) is 19.8. The number of aromatic amines is 2. The summed E-state index contributed by atoms with van der Waals surface area (Å²) in [5.74, 6) is 0. The fourth-order valence-electron chi connectivity index (χ4n) is 6.78. The highest BCUT2D eigenvalue weighted by molar-refractivity contribution is 9.11. The number of hydrogen-bond donors (Lipinski definition) is 2. The second-order valence-corrected chi connectivity index (χ2v) is 21.5. The molecule has 0 radical (unpaired) electrons. The van der Waals surface area contributed by atoms with Gasteiger partial charge in [0.05, 0.1) is 11.2 Å². The Morgan fingerprint density at radius 2 is 0.935 bits per heavy atom. The van der Waals surface area contributed by atoms with Crippen molar-refractivity contribution in [2.45, 2.75) is 116 Å². The first-order valence-corrected chi connectivity index (χ1v) is 24.0. The predicted molar refractivity (Wildman–Crippen MR) is 266 cm³/mol. The van der Waals surface area contributed by atoms with E-state index in [2.05, 4.69) is 61.8 Å². The number of hydrogen-bond acceptors (Lipinski definition) is 10. The molecule has 8 aromatic rings. The monoisotopic (exact) mass is 1230 g/mol. The zero-order valence-electron chi connectivity index (χ0n) is 42.0. The van der Waals surface area contributed by atoms with E-state index in [1.807, 2.05) is 27.7 Å². The molecular formula is C48H45BBr2F12N8O6. The minimum absolute atomic E-state index is 0.106. The number of halogens is 14. The molecule has 0 spiro atoms. The van der Waals surface area contributed by atoms with Crippen LogP contribution in [-0.2, 0) is 43.5 Å². The lowest BCUT2D eigenvalue weighted by molar-refractivity contribution is -0.141. The highest BCUT2D eigenvalue weighted by Gasteiger charge is 2.53. The topological polar surface area (TPSA) is 164 Å². The van der Waals surface area contributed by atoms with Crippen molar-refractivity contribution in [1.29, 1.82) is 0 Å². The van der Waals surface area contributed by atoms with E-state index < -0.39 is 89.2 Å². The van der Waals surface area contributed by atoms with Crippen LogP contribution in [0.2, 0.25) is 0 Å². The van der Waals surface area contributed by atoms with E-state index in [4.69, 9.17) is 18.8 Å². The van der Waals surface area contributed by atoms with Crippen LogP contribution in [-0.4, -0.2) is 80.7 Å². The van der Waals surface area contributed by atoms with Gasteiger partial charge in [-0.2, -0.15) is 52.7 Å². The molecule has 0 bridgehead atoms. The summed E-state index contributed by atoms with van der Waals surface area (Å²) in [5.41, 5.74) is -6.21. The van der Waals surface area contributed by atoms with Gasteiger partial charge in [0.2, 0.25) is 0 Å². The van der Waals surface area contributed by atoms with E-state index in [1.54, 1.807) is 60.0 Å². The molecule has 9 rings (SSSR count). The van der Waals surface area contributed by atoms with Crippen molar-refractivity contribution in [3.8, 4) is 0 Å². The number of ether oxygens (including phenoxy) is 2. The third kappa shape index (κ3) is 14.3. The first-order valence-electron chi connectivity index (χ1n) is 22.4. The van der Waals surface area contributed by atoms with Gasteiger partial charge in [0.1, 0.15) is 50.9 Å². The Labute approximate surface area is 446 Å². The molecule has 414 valence electrons. The molecule has 0 atom stereocenters. The summed E-state index contributed by atoms with van der Waals surface area (Å²) in [6, 6.07) is 10.6. The molecule has 1 saturated heterocycles. The molecule has 0 aromatic carbocycles. The molecule has 0 aliphatic carbocycles. The van der Waals surface area contributed by atoms with Gasteiger partial charge < -0.3 is 28.8 Å². The summed E-state index contributed by atoms with van der Waals surface area (Å²) < 4.78 is 177. The lowest BCUT2D eigenvalue weighted by Gasteiger charge is -2.32. The summed E-state index contributed by atoms with van der Waals surface area (Å²) >= 11 is 6.38. The van der Waals surface area contributed by atoms with Gasteiger partial charge in [-0.3, -0.25) is 0 Å². The maximum absolute atomic E-state index is 13.2. The molecule has 0 unspecified atom stereocenters. The first kappa shape index (κ1) is 60.0. The molecule has 2 N–H and O–H groups in total. The van der Waals surface area contributed by atoms with Crippen LogP contribution in [0.4, 0.5) is 62.3 Å². The van der Waals surface area contributed by atoms with E-state index >= 15 is 0 Å². The third-order valence-electron chi connectivity index (χ3n) is 11.0. The van der Waals surface area contributed by atoms with Gasteiger partial charge in [0.25, 0.3) is 0 Å². The molecule has 29 heteroatoms. The average molecular weight is 1230 g/mol. The number of carbonyl (C=O) groups excluding carboxylic acids is 2. The Hall–Kier alpha value is -6.20. The van der Waals surface area contributed by atoms with Crippen LogP contribution >= 0.6 is 31.9 Å². The fourth-order valence-corrected chi connectivity index (χ4v) is 7.73. The van der Waals surface area contributed by atoms with Crippen LogP contribution in [0.15, 0.2) is 88.3 Å². The van der Waals surface area contributed by atoms with Crippen molar-refractivity contribution in [2.24, 2.45) is 0 Å². The number of alkyl halides is 12. The number of H-pyrrole nitrogens is 2. The van der Waals surface area contributed by atoms with E-state index in [1.165, 1.54) is 36.7 Å². The van der Waals surface area contributed by atoms with Crippen molar-refractivity contribution >= 4 is 101 Å². The molecule has 14 nitrogen and oxygen atoms in total. The quantitative estimate of drug-likeness (QED) is 0.119. The van der Waals surface area contributed by atoms with Gasteiger partial charge in [-0.1, -0.05) is 0 Å². The molecule has 8 aromatic heterocycles. The Kier molecular flexibility index (Phi) is 16.5. The highest BCUT2D eigenvalue weighted by atomic mass is 79.9. The normalized spacial score (nSPS) is 14.9. The number of nitrogens with zero attached hydrogens (tertiary/aromatic N) is 6.